The Morgan fingerprint density at radius 3 is 3.04 bits per heavy atom. The summed E-state index contributed by atoms with van der Waals surface area (Å²) in [4.78, 5) is 12.4. The molecule has 0 fully saturated rings. The molecule has 8 heteroatoms. The van der Waals surface area contributed by atoms with Crippen molar-refractivity contribution in [1.29, 1.82) is 0 Å². The highest BCUT2D eigenvalue weighted by Gasteiger charge is 2.22. The molecule has 3 aromatic heterocycles. The molecule has 0 saturated carbocycles. The second-order valence-electron chi connectivity index (χ2n) is 5.99. The first-order valence-electron chi connectivity index (χ1n) is 7.98. The number of aliphatic hydroxyl groups is 2. The van der Waals surface area contributed by atoms with Gasteiger partial charge in [-0.25, -0.2) is 9.97 Å². The SMILES string of the molecule is Cc1nc(N2CCCn3nc([C@H](O)CO)cc3C2)c2ccsc2n1. The molecule has 24 heavy (non-hydrogen) atoms. The minimum Gasteiger partial charge on any atom is -0.393 e. The van der Waals surface area contributed by atoms with Crippen molar-refractivity contribution in [3.05, 3.63) is 34.7 Å². The second-order valence-corrected chi connectivity index (χ2v) is 6.89. The maximum absolute atomic E-state index is 9.82. The zero-order valence-electron chi connectivity index (χ0n) is 13.4. The van der Waals surface area contributed by atoms with Crippen LogP contribution in [0.5, 0.6) is 0 Å². The van der Waals surface area contributed by atoms with Gasteiger partial charge in [-0.3, -0.25) is 4.68 Å². The topological polar surface area (TPSA) is 87.3 Å². The van der Waals surface area contributed by atoms with Crippen LogP contribution in [0.3, 0.4) is 0 Å². The molecule has 0 saturated heterocycles. The van der Waals surface area contributed by atoms with E-state index in [0.29, 0.717) is 12.2 Å². The summed E-state index contributed by atoms with van der Waals surface area (Å²) in [6, 6.07) is 3.94. The highest BCUT2D eigenvalue weighted by Crippen LogP contribution is 2.30. The molecule has 0 spiro atoms. The third-order valence-electron chi connectivity index (χ3n) is 4.26. The van der Waals surface area contributed by atoms with Crippen LogP contribution in [-0.4, -0.2) is 43.1 Å². The minimum absolute atomic E-state index is 0.319. The molecule has 126 valence electrons. The predicted octanol–water partition coefficient (Wildman–Crippen LogP) is 1.63. The Labute approximate surface area is 143 Å². The largest absolute Gasteiger partial charge is 0.393 e. The third kappa shape index (κ3) is 2.66. The van der Waals surface area contributed by atoms with Gasteiger partial charge in [0.2, 0.25) is 0 Å². The van der Waals surface area contributed by atoms with Crippen LogP contribution in [0.25, 0.3) is 10.2 Å². The molecule has 1 aliphatic rings. The van der Waals surface area contributed by atoms with Crippen LogP contribution in [0.1, 0.15) is 29.7 Å². The molecule has 1 atom stereocenters. The Hall–Kier alpha value is -2.03. The van der Waals surface area contributed by atoms with Gasteiger partial charge >= 0.3 is 0 Å². The van der Waals surface area contributed by atoms with E-state index in [0.717, 1.165) is 47.1 Å². The molecular formula is C16H19N5O2S. The molecular weight excluding hydrogens is 326 g/mol. The average Bonchev–Trinajstić information content (AvgIpc) is 3.15. The standard InChI is InChI=1S/C16H19N5O2S/c1-10-17-15(12-3-6-24-16(12)18-10)20-4-2-5-21-11(8-20)7-13(19-21)14(23)9-22/h3,6-7,14,22-23H,2,4-5,8-9H2,1H3/t14-/m1/s1. The summed E-state index contributed by atoms with van der Waals surface area (Å²) < 4.78 is 1.92. The number of hydrogen-bond acceptors (Lipinski definition) is 7. The highest BCUT2D eigenvalue weighted by atomic mass is 32.1. The lowest BCUT2D eigenvalue weighted by Crippen LogP contribution is -2.24. The fraction of sp³-hybridized carbons (Fsp3) is 0.438. The summed E-state index contributed by atoms with van der Waals surface area (Å²) in [5, 5.41) is 26.5. The molecule has 0 aromatic carbocycles. The van der Waals surface area contributed by atoms with Crippen molar-refractivity contribution >= 4 is 27.4 Å². The van der Waals surface area contributed by atoms with Crippen molar-refractivity contribution in [3.8, 4) is 0 Å². The van der Waals surface area contributed by atoms with Gasteiger partial charge in [0.15, 0.2) is 0 Å². The van der Waals surface area contributed by atoms with Crippen LogP contribution in [0, 0.1) is 6.92 Å². The van der Waals surface area contributed by atoms with Gasteiger partial charge in [0.25, 0.3) is 0 Å². The van der Waals surface area contributed by atoms with Crippen LogP contribution in [-0.2, 0) is 13.1 Å². The molecule has 7 nitrogen and oxygen atoms in total. The van der Waals surface area contributed by atoms with Crippen molar-refractivity contribution in [2.75, 3.05) is 18.1 Å². The van der Waals surface area contributed by atoms with E-state index >= 15 is 0 Å². The van der Waals surface area contributed by atoms with Crippen LogP contribution >= 0.6 is 11.3 Å². The van der Waals surface area contributed by atoms with E-state index in [1.807, 2.05) is 23.1 Å². The van der Waals surface area contributed by atoms with E-state index in [1.165, 1.54) is 0 Å². The Balaban J connectivity index is 1.72. The Morgan fingerprint density at radius 1 is 1.33 bits per heavy atom. The fourth-order valence-corrected chi connectivity index (χ4v) is 3.91. The van der Waals surface area contributed by atoms with E-state index in [-0.39, 0.29) is 6.61 Å². The maximum atomic E-state index is 9.82. The van der Waals surface area contributed by atoms with Gasteiger partial charge in [0.1, 0.15) is 22.6 Å². The van der Waals surface area contributed by atoms with Gasteiger partial charge in [-0.2, -0.15) is 5.10 Å². The molecule has 2 N–H and O–H groups in total. The van der Waals surface area contributed by atoms with Crippen LogP contribution < -0.4 is 4.90 Å². The Bertz CT molecular complexity index is 875. The van der Waals surface area contributed by atoms with Gasteiger partial charge in [-0.15, -0.1) is 11.3 Å². The lowest BCUT2D eigenvalue weighted by Gasteiger charge is -2.22. The number of fused-ring (bicyclic) bond motifs is 2. The molecule has 0 aliphatic carbocycles. The second kappa shape index (κ2) is 6.12. The molecule has 1 aliphatic heterocycles. The molecule has 0 bridgehead atoms. The summed E-state index contributed by atoms with van der Waals surface area (Å²) in [5.41, 5.74) is 1.54. The predicted molar refractivity (Wildman–Crippen MR) is 92.1 cm³/mol. The van der Waals surface area contributed by atoms with Crippen molar-refractivity contribution in [3.63, 3.8) is 0 Å². The molecule has 3 aromatic rings. The number of nitrogens with zero attached hydrogens (tertiary/aromatic N) is 5. The van der Waals surface area contributed by atoms with E-state index in [9.17, 15) is 5.11 Å². The molecule has 4 rings (SSSR count). The quantitative estimate of drug-likeness (QED) is 0.750. The smallest absolute Gasteiger partial charge is 0.141 e. The van der Waals surface area contributed by atoms with Crippen molar-refractivity contribution in [2.24, 2.45) is 0 Å². The summed E-state index contributed by atoms with van der Waals surface area (Å²) >= 11 is 1.63. The summed E-state index contributed by atoms with van der Waals surface area (Å²) in [7, 11) is 0. The highest BCUT2D eigenvalue weighted by molar-refractivity contribution is 7.16. The average molecular weight is 345 g/mol. The fourth-order valence-electron chi connectivity index (χ4n) is 3.11. The van der Waals surface area contributed by atoms with Gasteiger partial charge in [-0.05, 0) is 30.9 Å². The lowest BCUT2D eigenvalue weighted by molar-refractivity contribution is 0.0916. The molecule has 0 unspecified atom stereocenters. The normalized spacial score (nSPS) is 16.2. The monoisotopic (exact) mass is 345 g/mol. The van der Waals surface area contributed by atoms with E-state index in [1.54, 1.807) is 11.3 Å². The third-order valence-corrected chi connectivity index (χ3v) is 5.07. The minimum atomic E-state index is -0.928. The first-order valence-corrected chi connectivity index (χ1v) is 8.86. The molecule has 0 radical (unpaired) electrons. The van der Waals surface area contributed by atoms with Gasteiger partial charge in [-0.1, -0.05) is 0 Å². The zero-order chi connectivity index (χ0) is 16.7. The Morgan fingerprint density at radius 2 is 2.21 bits per heavy atom. The number of rotatable bonds is 3. The molecule has 4 heterocycles. The van der Waals surface area contributed by atoms with E-state index < -0.39 is 6.10 Å². The zero-order valence-corrected chi connectivity index (χ0v) is 14.2. The van der Waals surface area contributed by atoms with Gasteiger partial charge in [0, 0.05) is 13.1 Å². The van der Waals surface area contributed by atoms with Crippen LogP contribution in [0.4, 0.5) is 5.82 Å². The number of thiophene rings is 1. The summed E-state index contributed by atoms with van der Waals surface area (Å²) in [6.07, 6.45) is 0.0145. The lowest BCUT2D eigenvalue weighted by atomic mass is 10.2. The van der Waals surface area contributed by atoms with Crippen LogP contribution in [0.2, 0.25) is 0 Å². The number of hydrogen-bond donors (Lipinski definition) is 2. The first-order chi connectivity index (χ1) is 11.7. The van der Waals surface area contributed by atoms with Crippen molar-refractivity contribution < 1.29 is 10.2 Å². The van der Waals surface area contributed by atoms with Gasteiger partial charge < -0.3 is 15.1 Å². The van der Waals surface area contributed by atoms with Gasteiger partial charge in [0.05, 0.1) is 29.9 Å². The number of aryl methyl sites for hydroxylation is 2. The summed E-state index contributed by atoms with van der Waals surface area (Å²) in [6.45, 7) is 3.96. The van der Waals surface area contributed by atoms with E-state index in [2.05, 4.69) is 26.0 Å². The van der Waals surface area contributed by atoms with Crippen molar-refractivity contribution in [1.82, 2.24) is 19.7 Å². The number of aromatic nitrogens is 4. The Kier molecular flexibility index (Phi) is 3.95. The molecule has 0 amide bonds. The number of anilines is 1. The summed E-state index contributed by atoms with van der Waals surface area (Å²) in [5.74, 6) is 1.73. The van der Waals surface area contributed by atoms with Crippen molar-refractivity contribution in [2.45, 2.75) is 32.5 Å². The maximum Gasteiger partial charge on any atom is 0.141 e. The first kappa shape index (κ1) is 15.5. The van der Waals surface area contributed by atoms with Crippen LogP contribution in [0.15, 0.2) is 17.5 Å². The van der Waals surface area contributed by atoms with E-state index in [4.69, 9.17) is 5.11 Å². The number of aliphatic hydroxyl groups excluding tert-OH is 2.